The van der Waals surface area contributed by atoms with Crippen LogP contribution in [0.25, 0.3) is 10.7 Å². The fraction of sp³-hybridized carbons (Fsp3) is 0.133. The van der Waals surface area contributed by atoms with Gasteiger partial charge in [0.05, 0.1) is 16.2 Å². The lowest BCUT2D eigenvalue weighted by Gasteiger charge is -2.01. The van der Waals surface area contributed by atoms with Crippen LogP contribution in [0.15, 0.2) is 35.7 Å². The third kappa shape index (κ3) is 3.46. The Bertz CT molecular complexity index is 902. The molecule has 2 aromatic heterocycles. The first kappa shape index (κ1) is 15.8. The molecule has 0 fully saturated rings. The van der Waals surface area contributed by atoms with E-state index in [0.29, 0.717) is 11.4 Å². The minimum atomic E-state index is -0.494. The quantitative estimate of drug-likeness (QED) is 0.546. The third-order valence-electron chi connectivity index (χ3n) is 3.30. The van der Waals surface area contributed by atoms with E-state index in [1.165, 1.54) is 23.5 Å². The molecule has 0 atom stereocenters. The lowest BCUT2D eigenvalue weighted by molar-refractivity contribution is -0.384. The maximum Gasteiger partial charge on any atom is 0.269 e. The summed E-state index contributed by atoms with van der Waals surface area (Å²) in [6.45, 7) is 1.97. The molecule has 0 unspecified atom stereocenters. The van der Waals surface area contributed by atoms with Crippen molar-refractivity contribution in [3.05, 3.63) is 57.0 Å². The highest BCUT2D eigenvalue weighted by Crippen LogP contribution is 2.26. The molecule has 0 saturated heterocycles. The predicted octanol–water partition coefficient (Wildman–Crippen LogP) is 2.93. The van der Waals surface area contributed by atoms with E-state index in [1.807, 2.05) is 18.4 Å². The van der Waals surface area contributed by atoms with Gasteiger partial charge in [-0.2, -0.15) is 4.98 Å². The van der Waals surface area contributed by atoms with Crippen LogP contribution >= 0.6 is 11.3 Å². The van der Waals surface area contributed by atoms with Gasteiger partial charge in [-0.3, -0.25) is 25.3 Å². The fourth-order valence-corrected chi connectivity index (χ4v) is 3.03. The van der Waals surface area contributed by atoms with Gasteiger partial charge in [0.25, 0.3) is 5.69 Å². The zero-order valence-electron chi connectivity index (χ0n) is 12.6. The summed E-state index contributed by atoms with van der Waals surface area (Å²) in [6, 6.07) is 7.93. The highest BCUT2D eigenvalue weighted by atomic mass is 32.1. The summed E-state index contributed by atoms with van der Waals surface area (Å²) in [5, 5.41) is 22.0. The van der Waals surface area contributed by atoms with Gasteiger partial charge < -0.3 is 0 Å². The summed E-state index contributed by atoms with van der Waals surface area (Å²) in [5.41, 5.74) is 1.57. The number of aryl methyl sites for hydroxylation is 1. The van der Waals surface area contributed by atoms with Crippen molar-refractivity contribution in [2.75, 3.05) is 5.32 Å². The number of benzene rings is 1. The number of carbonyl (C=O) groups is 1. The van der Waals surface area contributed by atoms with Crippen molar-refractivity contribution < 1.29 is 9.72 Å². The number of non-ortho nitro benzene ring substituents is 1. The Labute approximate surface area is 140 Å². The summed E-state index contributed by atoms with van der Waals surface area (Å²) in [6.07, 6.45) is 0.00355. The van der Waals surface area contributed by atoms with E-state index < -0.39 is 4.92 Å². The SMILES string of the molecule is Cc1ccsc1-c1nc(NC(=O)Cc2cccc([N+](=O)[O-])c2)n[nH]1. The van der Waals surface area contributed by atoms with E-state index in [9.17, 15) is 14.9 Å². The van der Waals surface area contributed by atoms with Crippen LogP contribution in [0.5, 0.6) is 0 Å². The van der Waals surface area contributed by atoms with Gasteiger partial charge in [-0.1, -0.05) is 12.1 Å². The van der Waals surface area contributed by atoms with Gasteiger partial charge in [-0.05, 0) is 29.5 Å². The second kappa shape index (κ2) is 6.59. The van der Waals surface area contributed by atoms with Gasteiger partial charge in [0.2, 0.25) is 11.9 Å². The molecule has 2 heterocycles. The molecule has 3 aromatic rings. The van der Waals surface area contributed by atoms with Crippen LogP contribution in [-0.4, -0.2) is 26.0 Å². The van der Waals surface area contributed by atoms with Crippen molar-refractivity contribution in [1.29, 1.82) is 0 Å². The molecule has 0 radical (unpaired) electrons. The van der Waals surface area contributed by atoms with Crippen molar-refractivity contribution >= 4 is 28.9 Å². The van der Waals surface area contributed by atoms with Crippen LogP contribution in [0, 0.1) is 17.0 Å². The molecule has 24 heavy (non-hydrogen) atoms. The number of anilines is 1. The molecule has 0 aliphatic carbocycles. The van der Waals surface area contributed by atoms with E-state index in [2.05, 4.69) is 20.5 Å². The molecule has 3 rings (SSSR count). The van der Waals surface area contributed by atoms with Gasteiger partial charge in [-0.15, -0.1) is 16.4 Å². The first-order valence-corrected chi connectivity index (χ1v) is 7.91. The van der Waals surface area contributed by atoms with Crippen LogP contribution in [-0.2, 0) is 11.2 Å². The van der Waals surface area contributed by atoms with Crippen molar-refractivity contribution in [2.24, 2.45) is 0 Å². The number of carbonyl (C=O) groups excluding carboxylic acids is 1. The second-order valence-electron chi connectivity index (χ2n) is 5.09. The molecule has 9 heteroatoms. The van der Waals surface area contributed by atoms with Crippen LogP contribution in [0.1, 0.15) is 11.1 Å². The van der Waals surface area contributed by atoms with E-state index >= 15 is 0 Å². The van der Waals surface area contributed by atoms with Crippen molar-refractivity contribution in [1.82, 2.24) is 15.2 Å². The van der Waals surface area contributed by atoms with Gasteiger partial charge >= 0.3 is 0 Å². The van der Waals surface area contributed by atoms with Crippen molar-refractivity contribution in [3.63, 3.8) is 0 Å². The Morgan fingerprint density at radius 1 is 1.42 bits per heavy atom. The zero-order valence-corrected chi connectivity index (χ0v) is 13.5. The summed E-state index contributed by atoms with van der Waals surface area (Å²) < 4.78 is 0. The number of nitrogens with one attached hydrogen (secondary N) is 2. The number of thiophene rings is 1. The lowest BCUT2D eigenvalue weighted by atomic mass is 10.1. The number of rotatable bonds is 5. The fourth-order valence-electron chi connectivity index (χ4n) is 2.17. The summed E-state index contributed by atoms with van der Waals surface area (Å²) in [7, 11) is 0. The summed E-state index contributed by atoms with van der Waals surface area (Å²) in [5.74, 6) is 0.422. The van der Waals surface area contributed by atoms with Gasteiger partial charge in [0.1, 0.15) is 0 Å². The molecular weight excluding hydrogens is 330 g/mol. The third-order valence-corrected chi connectivity index (χ3v) is 4.32. The lowest BCUT2D eigenvalue weighted by Crippen LogP contribution is -2.15. The maximum atomic E-state index is 12.1. The van der Waals surface area contributed by atoms with Crippen molar-refractivity contribution in [2.45, 2.75) is 13.3 Å². The molecule has 1 amide bonds. The molecule has 0 bridgehead atoms. The maximum absolute atomic E-state index is 12.1. The number of hydrogen-bond acceptors (Lipinski definition) is 6. The minimum Gasteiger partial charge on any atom is -0.293 e. The smallest absolute Gasteiger partial charge is 0.269 e. The second-order valence-corrected chi connectivity index (χ2v) is 6.01. The molecule has 2 N–H and O–H groups in total. The van der Waals surface area contributed by atoms with Crippen LogP contribution in [0.3, 0.4) is 0 Å². The molecule has 0 spiro atoms. The van der Waals surface area contributed by atoms with Crippen molar-refractivity contribution in [3.8, 4) is 10.7 Å². The van der Waals surface area contributed by atoms with E-state index in [1.54, 1.807) is 12.1 Å². The predicted molar refractivity (Wildman–Crippen MR) is 89.9 cm³/mol. The number of nitro groups is 1. The molecule has 8 nitrogen and oxygen atoms in total. The largest absolute Gasteiger partial charge is 0.293 e. The number of aromatic nitrogens is 3. The van der Waals surface area contributed by atoms with E-state index in [0.717, 1.165) is 10.4 Å². The zero-order chi connectivity index (χ0) is 17.1. The Morgan fingerprint density at radius 2 is 2.25 bits per heavy atom. The molecule has 122 valence electrons. The van der Waals surface area contributed by atoms with Gasteiger partial charge in [-0.25, -0.2) is 0 Å². The number of hydrogen-bond donors (Lipinski definition) is 2. The first-order valence-electron chi connectivity index (χ1n) is 7.03. The van der Waals surface area contributed by atoms with E-state index in [4.69, 9.17) is 0 Å². The monoisotopic (exact) mass is 343 g/mol. The minimum absolute atomic E-state index is 0.00355. The summed E-state index contributed by atoms with van der Waals surface area (Å²) >= 11 is 1.53. The Morgan fingerprint density at radius 3 is 2.96 bits per heavy atom. The highest BCUT2D eigenvalue weighted by molar-refractivity contribution is 7.13. The molecule has 1 aromatic carbocycles. The van der Waals surface area contributed by atoms with Crippen LogP contribution in [0.4, 0.5) is 11.6 Å². The van der Waals surface area contributed by atoms with Crippen LogP contribution < -0.4 is 5.32 Å². The number of H-pyrrole nitrogens is 1. The summed E-state index contributed by atoms with van der Waals surface area (Å²) in [4.78, 5) is 27.5. The Kier molecular flexibility index (Phi) is 4.34. The topological polar surface area (TPSA) is 114 Å². The molecule has 0 saturated carbocycles. The number of aromatic amines is 1. The molecule has 0 aliphatic rings. The Balaban J connectivity index is 1.67. The number of nitro benzene ring substituents is 1. The Hall–Kier alpha value is -3.07. The molecule has 0 aliphatic heterocycles. The standard InChI is InChI=1S/C15H13N5O3S/c1-9-5-6-24-13(9)14-17-15(19-18-14)16-12(21)8-10-3-2-4-11(7-10)20(22)23/h2-7H,8H2,1H3,(H2,16,17,18,19,21). The normalized spacial score (nSPS) is 10.5. The van der Waals surface area contributed by atoms with E-state index in [-0.39, 0.29) is 24.0 Å². The molecular formula is C15H13N5O3S. The van der Waals surface area contributed by atoms with Gasteiger partial charge in [0.15, 0.2) is 5.82 Å². The first-order chi connectivity index (χ1) is 11.5. The highest BCUT2D eigenvalue weighted by Gasteiger charge is 2.13. The number of amides is 1. The van der Waals surface area contributed by atoms with Crippen LogP contribution in [0.2, 0.25) is 0 Å². The average Bonchev–Trinajstić information content (AvgIpc) is 3.16. The number of nitrogens with zero attached hydrogens (tertiary/aromatic N) is 3. The van der Waals surface area contributed by atoms with Gasteiger partial charge in [0, 0.05) is 12.1 Å². The average molecular weight is 343 g/mol.